The molecule has 0 bridgehead atoms. The molecule has 0 spiro atoms. The molecule has 0 aliphatic carbocycles. The van der Waals surface area contributed by atoms with Crippen LogP contribution in [0.2, 0.25) is 0 Å². The third kappa shape index (κ3) is 4.09. The lowest BCUT2D eigenvalue weighted by Crippen LogP contribution is -2.50. The smallest absolute Gasteiger partial charge is 0.410 e. The van der Waals surface area contributed by atoms with Crippen molar-refractivity contribution >= 4 is 17.9 Å². The van der Waals surface area contributed by atoms with Gasteiger partial charge in [0.15, 0.2) is 0 Å². The van der Waals surface area contributed by atoms with Crippen LogP contribution in [0.5, 0.6) is 0 Å². The number of rotatable bonds is 2. The maximum Gasteiger partial charge on any atom is 0.410 e. The quantitative estimate of drug-likeness (QED) is 0.897. The predicted molar refractivity (Wildman–Crippen MR) is 81.2 cm³/mol. The molecule has 22 heavy (non-hydrogen) atoms. The third-order valence-electron chi connectivity index (χ3n) is 3.25. The Morgan fingerprint density at radius 1 is 1.18 bits per heavy atom. The van der Waals surface area contributed by atoms with Gasteiger partial charge in [-0.3, -0.25) is 0 Å². The average molecular weight is 307 g/mol. The molecule has 2 rings (SSSR count). The minimum atomic E-state index is -0.992. The van der Waals surface area contributed by atoms with E-state index < -0.39 is 11.6 Å². The number of carbonyl (C=O) groups is 2. The highest BCUT2D eigenvalue weighted by Gasteiger charge is 2.26. The highest BCUT2D eigenvalue weighted by atomic mass is 16.6. The molecule has 0 aromatic carbocycles. The Kier molecular flexibility index (Phi) is 4.54. The molecule has 0 atom stereocenters. The van der Waals surface area contributed by atoms with Crippen LogP contribution in [-0.2, 0) is 4.74 Å². The van der Waals surface area contributed by atoms with Crippen LogP contribution in [-0.4, -0.2) is 58.8 Å². The maximum atomic E-state index is 12.0. The first kappa shape index (κ1) is 16.1. The van der Waals surface area contributed by atoms with Crippen molar-refractivity contribution in [2.24, 2.45) is 0 Å². The second-order valence-corrected chi connectivity index (χ2v) is 6.16. The summed E-state index contributed by atoms with van der Waals surface area (Å²) in [7, 11) is 0. The van der Waals surface area contributed by atoms with Gasteiger partial charge in [-0.25, -0.2) is 14.6 Å². The fraction of sp³-hybridized carbons (Fsp3) is 0.533. The Balaban J connectivity index is 1.91. The van der Waals surface area contributed by atoms with Crippen LogP contribution in [0.3, 0.4) is 0 Å². The van der Waals surface area contributed by atoms with Crippen molar-refractivity contribution in [1.29, 1.82) is 0 Å². The van der Waals surface area contributed by atoms with Gasteiger partial charge in [0.1, 0.15) is 11.4 Å². The van der Waals surface area contributed by atoms with Crippen molar-refractivity contribution in [3.63, 3.8) is 0 Å². The number of aromatic carboxylic acids is 1. The van der Waals surface area contributed by atoms with Crippen molar-refractivity contribution in [1.82, 2.24) is 9.88 Å². The average Bonchev–Trinajstić information content (AvgIpc) is 2.46. The van der Waals surface area contributed by atoms with Gasteiger partial charge in [-0.1, -0.05) is 0 Å². The maximum absolute atomic E-state index is 12.0. The van der Waals surface area contributed by atoms with E-state index in [2.05, 4.69) is 4.98 Å². The van der Waals surface area contributed by atoms with Crippen LogP contribution in [0.1, 0.15) is 31.1 Å². The first-order valence-corrected chi connectivity index (χ1v) is 7.18. The third-order valence-corrected chi connectivity index (χ3v) is 3.25. The Morgan fingerprint density at radius 3 is 2.27 bits per heavy atom. The van der Waals surface area contributed by atoms with E-state index in [1.54, 1.807) is 11.0 Å². The molecule has 1 saturated heterocycles. The number of pyridine rings is 1. The van der Waals surface area contributed by atoms with E-state index in [-0.39, 0.29) is 11.7 Å². The monoisotopic (exact) mass is 307 g/mol. The standard InChI is InChI=1S/C15H21N3O4/c1-15(2,3)22-14(21)18-8-6-17(7-9-18)12-5-4-11(10-16-12)13(19)20/h4-5,10H,6-9H2,1-3H3,(H,19,20). The summed E-state index contributed by atoms with van der Waals surface area (Å²) >= 11 is 0. The molecular weight excluding hydrogens is 286 g/mol. The molecule has 0 unspecified atom stereocenters. The summed E-state index contributed by atoms with van der Waals surface area (Å²) in [5.74, 6) is -0.275. The van der Waals surface area contributed by atoms with Crippen molar-refractivity contribution in [2.75, 3.05) is 31.1 Å². The van der Waals surface area contributed by atoms with Crippen molar-refractivity contribution in [2.45, 2.75) is 26.4 Å². The highest BCUT2D eigenvalue weighted by molar-refractivity contribution is 5.87. The highest BCUT2D eigenvalue weighted by Crippen LogP contribution is 2.16. The minimum Gasteiger partial charge on any atom is -0.478 e. The summed E-state index contributed by atoms with van der Waals surface area (Å²) in [6, 6.07) is 3.22. The van der Waals surface area contributed by atoms with Gasteiger partial charge in [0, 0.05) is 32.4 Å². The number of piperazine rings is 1. The van der Waals surface area contributed by atoms with Crippen LogP contribution in [0.4, 0.5) is 10.6 Å². The van der Waals surface area contributed by atoms with Crippen LogP contribution >= 0.6 is 0 Å². The van der Waals surface area contributed by atoms with Gasteiger partial charge in [-0.15, -0.1) is 0 Å². The van der Waals surface area contributed by atoms with E-state index in [0.717, 1.165) is 0 Å². The molecule has 1 aliphatic rings. The van der Waals surface area contributed by atoms with Crippen LogP contribution in [0, 0.1) is 0 Å². The fourth-order valence-electron chi connectivity index (χ4n) is 2.14. The Bertz CT molecular complexity index is 543. The molecular formula is C15H21N3O4. The molecule has 1 aromatic heterocycles. The second-order valence-electron chi connectivity index (χ2n) is 6.16. The second kappa shape index (κ2) is 6.21. The molecule has 1 aromatic rings. The molecule has 2 heterocycles. The minimum absolute atomic E-state index is 0.163. The first-order valence-electron chi connectivity index (χ1n) is 7.18. The van der Waals surface area contributed by atoms with Gasteiger partial charge in [-0.2, -0.15) is 0 Å². The molecule has 0 radical (unpaired) electrons. The molecule has 1 aliphatic heterocycles. The number of carboxylic acids is 1. The molecule has 1 N–H and O–H groups in total. The summed E-state index contributed by atoms with van der Waals surface area (Å²) in [4.78, 5) is 30.6. The molecule has 120 valence electrons. The number of amides is 1. The number of hydrogen-bond acceptors (Lipinski definition) is 5. The van der Waals surface area contributed by atoms with Gasteiger partial charge in [0.2, 0.25) is 0 Å². The molecule has 7 nitrogen and oxygen atoms in total. The summed E-state index contributed by atoms with van der Waals surface area (Å²) in [6.07, 6.45) is 1.04. The lowest BCUT2D eigenvalue weighted by Gasteiger charge is -2.36. The van der Waals surface area contributed by atoms with E-state index in [0.29, 0.717) is 32.0 Å². The van der Waals surface area contributed by atoms with E-state index in [1.165, 1.54) is 12.3 Å². The van der Waals surface area contributed by atoms with Crippen LogP contribution in [0.15, 0.2) is 18.3 Å². The summed E-state index contributed by atoms with van der Waals surface area (Å²) < 4.78 is 5.35. The number of carboxylic acid groups (broad SMARTS) is 1. The fourth-order valence-corrected chi connectivity index (χ4v) is 2.14. The van der Waals surface area contributed by atoms with Crippen LogP contribution < -0.4 is 4.90 Å². The lowest BCUT2D eigenvalue weighted by atomic mass is 10.2. The van der Waals surface area contributed by atoms with Gasteiger partial charge < -0.3 is 19.6 Å². The zero-order valence-electron chi connectivity index (χ0n) is 13.1. The zero-order valence-corrected chi connectivity index (χ0v) is 13.1. The SMILES string of the molecule is CC(C)(C)OC(=O)N1CCN(c2ccc(C(=O)O)cn2)CC1. The van der Waals surface area contributed by atoms with Crippen molar-refractivity contribution < 1.29 is 19.4 Å². The summed E-state index contributed by atoms with van der Waals surface area (Å²) in [5, 5.41) is 8.86. The number of nitrogens with zero attached hydrogens (tertiary/aromatic N) is 3. The van der Waals surface area contributed by atoms with Crippen LogP contribution in [0.25, 0.3) is 0 Å². The zero-order chi connectivity index (χ0) is 16.3. The number of anilines is 1. The summed E-state index contributed by atoms with van der Waals surface area (Å²) in [5.41, 5.74) is -0.334. The molecule has 0 saturated carbocycles. The Hall–Kier alpha value is -2.31. The number of ether oxygens (including phenoxy) is 1. The lowest BCUT2D eigenvalue weighted by molar-refractivity contribution is 0.0240. The van der Waals surface area contributed by atoms with E-state index in [9.17, 15) is 9.59 Å². The largest absolute Gasteiger partial charge is 0.478 e. The molecule has 1 amide bonds. The topological polar surface area (TPSA) is 83.0 Å². The molecule has 1 fully saturated rings. The normalized spacial score (nSPS) is 15.6. The van der Waals surface area contributed by atoms with E-state index in [4.69, 9.17) is 9.84 Å². The Morgan fingerprint density at radius 2 is 1.82 bits per heavy atom. The van der Waals surface area contributed by atoms with Gasteiger partial charge >= 0.3 is 12.1 Å². The number of carbonyl (C=O) groups excluding carboxylic acids is 1. The van der Waals surface area contributed by atoms with E-state index >= 15 is 0 Å². The Labute approximate surface area is 129 Å². The first-order chi connectivity index (χ1) is 10.3. The van der Waals surface area contributed by atoms with Gasteiger partial charge in [0.25, 0.3) is 0 Å². The van der Waals surface area contributed by atoms with Crippen molar-refractivity contribution in [3.05, 3.63) is 23.9 Å². The number of aromatic nitrogens is 1. The van der Waals surface area contributed by atoms with Crippen molar-refractivity contribution in [3.8, 4) is 0 Å². The van der Waals surface area contributed by atoms with Gasteiger partial charge in [0.05, 0.1) is 5.56 Å². The molecule has 7 heteroatoms. The predicted octanol–water partition coefficient (Wildman–Crippen LogP) is 1.84. The summed E-state index contributed by atoms with van der Waals surface area (Å²) in [6.45, 7) is 7.91. The van der Waals surface area contributed by atoms with Gasteiger partial charge in [-0.05, 0) is 32.9 Å². The number of hydrogen-bond donors (Lipinski definition) is 1. The van der Waals surface area contributed by atoms with E-state index in [1.807, 2.05) is 25.7 Å².